The Morgan fingerprint density at radius 3 is 2.38 bits per heavy atom. The Bertz CT molecular complexity index is 673. The third-order valence-electron chi connectivity index (χ3n) is 3.93. The topological polar surface area (TPSA) is 54.0 Å². The molecule has 0 unspecified atom stereocenters. The van der Waals surface area contributed by atoms with E-state index in [1.165, 1.54) is 11.1 Å². The number of aromatic nitrogens is 1. The molecule has 1 heterocycles. The molecule has 0 radical (unpaired) electrons. The van der Waals surface area contributed by atoms with Crippen LogP contribution in [0.25, 0.3) is 0 Å². The SMILES string of the molecule is CCc1cccc(CC)c1Nc1ccnc(C(=O)NCC(C)C)c1. The molecule has 0 aliphatic carbocycles. The summed E-state index contributed by atoms with van der Waals surface area (Å²) >= 11 is 0. The minimum Gasteiger partial charge on any atom is -0.355 e. The minimum atomic E-state index is -0.133. The van der Waals surface area contributed by atoms with Gasteiger partial charge in [0, 0.05) is 24.1 Å². The molecule has 1 aromatic heterocycles. The Morgan fingerprint density at radius 2 is 1.79 bits per heavy atom. The molecule has 0 aliphatic rings. The maximum absolute atomic E-state index is 12.2. The second-order valence-corrected chi connectivity index (χ2v) is 6.32. The van der Waals surface area contributed by atoms with E-state index in [0.717, 1.165) is 24.2 Å². The zero-order valence-corrected chi connectivity index (χ0v) is 15.0. The van der Waals surface area contributed by atoms with Crippen LogP contribution in [0.1, 0.15) is 49.3 Å². The van der Waals surface area contributed by atoms with E-state index < -0.39 is 0 Å². The lowest BCUT2D eigenvalue weighted by Crippen LogP contribution is -2.28. The molecule has 0 spiro atoms. The number of nitrogens with one attached hydrogen (secondary N) is 2. The van der Waals surface area contributed by atoms with Gasteiger partial charge in [0.25, 0.3) is 5.91 Å². The molecule has 2 rings (SSSR count). The van der Waals surface area contributed by atoms with Crippen molar-refractivity contribution in [3.05, 3.63) is 53.3 Å². The van der Waals surface area contributed by atoms with Crippen LogP contribution < -0.4 is 10.6 Å². The molecular formula is C20H27N3O. The van der Waals surface area contributed by atoms with Gasteiger partial charge in [0.1, 0.15) is 5.69 Å². The number of para-hydroxylation sites is 1. The van der Waals surface area contributed by atoms with Gasteiger partial charge in [0.15, 0.2) is 0 Å². The summed E-state index contributed by atoms with van der Waals surface area (Å²) in [7, 11) is 0. The second-order valence-electron chi connectivity index (χ2n) is 6.32. The maximum Gasteiger partial charge on any atom is 0.269 e. The van der Waals surface area contributed by atoms with Crippen LogP contribution in [0.15, 0.2) is 36.5 Å². The van der Waals surface area contributed by atoms with Crippen LogP contribution in [0.4, 0.5) is 11.4 Å². The van der Waals surface area contributed by atoms with Crippen LogP contribution in [0.2, 0.25) is 0 Å². The molecule has 0 atom stereocenters. The fourth-order valence-electron chi connectivity index (χ4n) is 2.57. The first-order valence-electron chi connectivity index (χ1n) is 8.67. The highest BCUT2D eigenvalue weighted by atomic mass is 16.1. The highest BCUT2D eigenvalue weighted by Crippen LogP contribution is 2.26. The fourth-order valence-corrected chi connectivity index (χ4v) is 2.57. The largest absolute Gasteiger partial charge is 0.355 e. The average Bonchev–Trinajstić information content (AvgIpc) is 2.60. The lowest BCUT2D eigenvalue weighted by molar-refractivity contribution is 0.0944. The molecule has 0 aliphatic heterocycles. The van der Waals surface area contributed by atoms with E-state index in [-0.39, 0.29) is 5.91 Å². The number of carbonyl (C=O) groups excluding carboxylic acids is 1. The Balaban J connectivity index is 2.23. The monoisotopic (exact) mass is 325 g/mol. The first kappa shape index (κ1) is 18.0. The van der Waals surface area contributed by atoms with E-state index in [1.807, 2.05) is 12.1 Å². The minimum absolute atomic E-state index is 0.133. The van der Waals surface area contributed by atoms with Crippen molar-refractivity contribution in [1.29, 1.82) is 0 Å². The highest BCUT2D eigenvalue weighted by Gasteiger charge is 2.10. The predicted octanol–water partition coefficient (Wildman–Crippen LogP) is 4.34. The molecule has 0 fully saturated rings. The van der Waals surface area contributed by atoms with Crippen molar-refractivity contribution >= 4 is 17.3 Å². The van der Waals surface area contributed by atoms with E-state index in [0.29, 0.717) is 18.2 Å². The quantitative estimate of drug-likeness (QED) is 0.796. The van der Waals surface area contributed by atoms with Gasteiger partial charge in [-0.2, -0.15) is 0 Å². The van der Waals surface area contributed by atoms with Gasteiger partial charge < -0.3 is 10.6 Å². The van der Waals surface area contributed by atoms with E-state index >= 15 is 0 Å². The van der Waals surface area contributed by atoms with Crippen LogP contribution in [0, 0.1) is 5.92 Å². The number of hydrogen-bond acceptors (Lipinski definition) is 3. The van der Waals surface area contributed by atoms with Crippen molar-refractivity contribution in [2.24, 2.45) is 5.92 Å². The van der Waals surface area contributed by atoms with Gasteiger partial charge in [0.05, 0.1) is 0 Å². The summed E-state index contributed by atoms with van der Waals surface area (Å²) in [6.45, 7) is 9.09. The standard InChI is InChI=1S/C20H27N3O/c1-5-15-8-7-9-16(6-2)19(15)23-17-10-11-21-18(12-17)20(24)22-13-14(3)4/h7-12,14H,5-6,13H2,1-4H3,(H,21,23)(H,22,24). The first-order valence-corrected chi connectivity index (χ1v) is 8.67. The Kier molecular flexibility index (Phi) is 6.36. The van der Waals surface area contributed by atoms with Crippen molar-refractivity contribution in [1.82, 2.24) is 10.3 Å². The molecular weight excluding hydrogens is 298 g/mol. The highest BCUT2D eigenvalue weighted by molar-refractivity contribution is 5.93. The zero-order chi connectivity index (χ0) is 17.5. The van der Waals surface area contributed by atoms with E-state index in [2.05, 4.69) is 61.5 Å². The van der Waals surface area contributed by atoms with Gasteiger partial charge in [-0.05, 0) is 42.0 Å². The van der Waals surface area contributed by atoms with Gasteiger partial charge in [-0.1, -0.05) is 45.9 Å². The molecule has 0 saturated heterocycles. The third-order valence-corrected chi connectivity index (χ3v) is 3.93. The van der Waals surface area contributed by atoms with E-state index in [4.69, 9.17) is 0 Å². The summed E-state index contributed by atoms with van der Waals surface area (Å²) in [5, 5.41) is 6.39. The number of amides is 1. The van der Waals surface area contributed by atoms with Gasteiger partial charge in [-0.25, -0.2) is 0 Å². The number of hydrogen-bond donors (Lipinski definition) is 2. The zero-order valence-electron chi connectivity index (χ0n) is 15.0. The van der Waals surface area contributed by atoms with Crippen molar-refractivity contribution in [2.75, 3.05) is 11.9 Å². The van der Waals surface area contributed by atoms with E-state index in [1.54, 1.807) is 6.20 Å². The molecule has 4 nitrogen and oxygen atoms in total. The van der Waals surface area contributed by atoms with Crippen molar-refractivity contribution in [2.45, 2.75) is 40.5 Å². The normalized spacial score (nSPS) is 10.7. The molecule has 0 saturated carbocycles. The molecule has 0 bridgehead atoms. The molecule has 2 aromatic rings. The summed E-state index contributed by atoms with van der Waals surface area (Å²) in [4.78, 5) is 16.4. The number of nitrogens with zero attached hydrogens (tertiary/aromatic N) is 1. The summed E-state index contributed by atoms with van der Waals surface area (Å²) in [5.74, 6) is 0.283. The van der Waals surface area contributed by atoms with Crippen LogP contribution in [0.5, 0.6) is 0 Å². The van der Waals surface area contributed by atoms with Crippen molar-refractivity contribution in [3.8, 4) is 0 Å². The lowest BCUT2D eigenvalue weighted by atomic mass is 10.0. The lowest BCUT2D eigenvalue weighted by Gasteiger charge is -2.16. The molecule has 1 amide bonds. The smallest absolute Gasteiger partial charge is 0.269 e. The van der Waals surface area contributed by atoms with Crippen LogP contribution >= 0.6 is 0 Å². The summed E-state index contributed by atoms with van der Waals surface area (Å²) in [6, 6.07) is 10.1. The average molecular weight is 325 g/mol. The number of rotatable bonds is 7. The summed E-state index contributed by atoms with van der Waals surface area (Å²) in [6.07, 6.45) is 3.60. The number of pyridine rings is 1. The number of anilines is 2. The second kappa shape index (κ2) is 8.48. The van der Waals surface area contributed by atoms with Gasteiger partial charge in [-0.15, -0.1) is 0 Å². The van der Waals surface area contributed by atoms with Gasteiger partial charge in [0.2, 0.25) is 0 Å². The molecule has 128 valence electrons. The molecule has 2 N–H and O–H groups in total. The maximum atomic E-state index is 12.2. The Labute approximate surface area is 144 Å². The van der Waals surface area contributed by atoms with Crippen molar-refractivity contribution < 1.29 is 4.79 Å². The van der Waals surface area contributed by atoms with Crippen LogP contribution in [-0.2, 0) is 12.8 Å². The van der Waals surface area contributed by atoms with Crippen LogP contribution in [-0.4, -0.2) is 17.4 Å². The van der Waals surface area contributed by atoms with Gasteiger partial charge in [-0.3, -0.25) is 9.78 Å². The summed E-state index contributed by atoms with van der Waals surface area (Å²) < 4.78 is 0. The number of aryl methyl sites for hydroxylation is 2. The Morgan fingerprint density at radius 1 is 1.12 bits per heavy atom. The third kappa shape index (κ3) is 4.57. The fraction of sp³-hybridized carbons (Fsp3) is 0.400. The van der Waals surface area contributed by atoms with Crippen molar-refractivity contribution in [3.63, 3.8) is 0 Å². The predicted molar refractivity (Wildman–Crippen MR) is 99.9 cm³/mol. The van der Waals surface area contributed by atoms with Gasteiger partial charge >= 0.3 is 0 Å². The molecule has 4 heteroatoms. The number of benzene rings is 1. The van der Waals surface area contributed by atoms with Crippen LogP contribution in [0.3, 0.4) is 0 Å². The summed E-state index contributed by atoms with van der Waals surface area (Å²) in [5.41, 5.74) is 5.01. The Hall–Kier alpha value is -2.36. The molecule has 24 heavy (non-hydrogen) atoms. The molecule has 1 aromatic carbocycles. The number of carbonyl (C=O) groups is 1. The van der Waals surface area contributed by atoms with E-state index in [9.17, 15) is 4.79 Å². The first-order chi connectivity index (χ1) is 11.5.